The summed E-state index contributed by atoms with van der Waals surface area (Å²) in [7, 11) is 3.34. The third kappa shape index (κ3) is 6.82. The first-order valence-electron chi connectivity index (χ1n) is 8.39. The first kappa shape index (κ1) is 21.7. The summed E-state index contributed by atoms with van der Waals surface area (Å²) >= 11 is 0. The predicted octanol–water partition coefficient (Wildman–Crippen LogP) is 1.88. The number of methoxy groups -OCH3 is 2. The normalized spacial score (nSPS) is 15.9. The monoisotopic (exact) mass is 372 g/mol. The number of nitrogens with one attached hydrogen (secondary N) is 2. The van der Waals surface area contributed by atoms with Crippen molar-refractivity contribution in [1.29, 1.82) is 0 Å². The molecule has 1 heterocycles. The molecule has 0 aromatic heterocycles. The second-order valence-corrected chi connectivity index (χ2v) is 6.23. The SMILES string of the molecule is COCCOc1cccc(C(=O)NCC2(COC)CCNCC2)c1.Cl. The highest BCUT2D eigenvalue weighted by atomic mass is 35.5. The number of carbonyl (C=O) groups excluding carboxylic acids is 1. The van der Waals surface area contributed by atoms with E-state index in [9.17, 15) is 4.79 Å². The second-order valence-electron chi connectivity index (χ2n) is 6.23. The number of hydrogen-bond acceptors (Lipinski definition) is 5. The summed E-state index contributed by atoms with van der Waals surface area (Å²) in [6.07, 6.45) is 2.00. The van der Waals surface area contributed by atoms with E-state index < -0.39 is 0 Å². The molecule has 1 fully saturated rings. The van der Waals surface area contributed by atoms with Crippen LogP contribution in [0, 0.1) is 5.41 Å². The summed E-state index contributed by atoms with van der Waals surface area (Å²) in [5, 5.41) is 6.42. The molecule has 0 radical (unpaired) electrons. The van der Waals surface area contributed by atoms with Crippen LogP contribution in [-0.2, 0) is 9.47 Å². The van der Waals surface area contributed by atoms with E-state index in [1.807, 2.05) is 12.1 Å². The van der Waals surface area contributed by atoms with Crippen LogP contribution in [0.2, 0.25) is 0 Å². The minimum absolute atomic E-state index is 0. The lowest BCUT2D eigenvalue weighted by Crippen LogP contribution is -2.47. The maximum absolute atomic E-state index is 12.5. The van der Waals surface area contributed by atoms with Crippen LogP contribution in [0.4, 0.5) is 0 Å². The Bertz CT molecular complexity index is 516. The third-order valence-corrected chi connectivity index (χ3v) is 4.39. The standard InChI is InChI=1S/C18H28N2O4.ClH/c1-22-10-11-24-16-5-3-4-15(12-16)17(21)20-13-18(14-23-2)6-8-19-9-7-18;/h3-5,12,19H,6-11,13-14H2,1-2H3,(H,20,21);1H. The van der Waals surface area contributed by atoms with E-state index in [1.54, 1.807) is 26.4 Å². The Balaban J connectivity index is 0.00000312. The molecule has 2 N–H and O–H groups in total. The van der Waals surface area contributed by atoms with Gasteiger partial charge in [-0.1, -0.05) is 6.07 Å². The topological polar surface area (TPSA) is 68.8 Å². The van der Waals surface area contributed by atoms with Gasteiger partial charge in [0.05, 0.1) is 13.2 Å². The van der Waals surface area contributed by atoms with Gasteiger partial charge in [-0.05, 0) is 44.1 Å². The highest BCUT2D eigenvalue weighted by Gasteiger charge is 2.32. The second kappa shape index (κ2) is 11.3. The van der Waals surface area contributed by atoms with Crippen LogP contribution in [0.15, 0.2) is 24.3 Å². The highest BCUT2D eigenvalue weighted by Crippen LogP contribution is 2.28. The maximum atomic E-state index is 12.5. The van der Waals surface area contributed by atoms with Crippen LogP contribution >= 0.6 is 12.4 Å². The smallest absolute Gasteiger partial charge is 0.251 e. The number of piperidine rings is 1. The maximum Gasteiger partial charge on any atom is 0.251 e. The average Bonchev–Trinajstić information content (AvgIpc) is 2.61. The molecular formula is C18H29ClN2O4. The quantitative estimate of drug-likeness (QED) is 0.648. The molecule has 1 aromatic rings. The highest BCUT2D eigenvalue weighted by molar-refractivity contribution is 5.94. The van der Waals surface area contributed by atoms with E-state index in [0.717, 1.165) is 25.9 Å². The summed E-state index contributed by atoms with van der Waals surface area (Å²) in [4.78, 5) is 12.5. The molecule has 7 heteroatoms. The van der Waals surface area contributed by atoms with Gasteiger partial charge in [0.1, 0.15) is 12.4 Å². The lowest BCUT2D eigenvalue weighted by atomic mass is 9.79. The lowest BCUT2D eigenvalue weighted by molar-refractivity contribution is 0.0511. The van der Waals surface area contributed by atoms with Crippen LogP contribution in [0.3, 0.4) is 0 Å². The van der Waals surface area contributed by atoms with Gasteiger partial charge in [-0.25, -0.2) is 0 Å². The third-order valence-electron chi connectivity index (χ3n) is 4.39. The zero-order valence-corrected chi connectivity index (χ0v) is 15.8. The van der Waals surface area contributed by atoms with Crippen molar-refractivity contribution in [1.82, 2.24) is 10.6 Å². The van der Waals surface area contributed by atoms with Gasteiger partial charge in [-0.3, -0.25) is 4.79 Å². The van der Waals surface area contributed by atoms with E-state index in [1.165, 1.54) is 0 Å². The van der Waals surface area contributed by atoms with Gasteiger partial charge in [0.2, 0.25) is 0 Å². The van der Waals surface area contributed by atoms with Gasteiger partial charge in [-0.15, -0.1) is 12.4 Å². The summed E-state index contributed by atoms with van der Waals surface area (Å²) in [6.45, 7) is 4.19. The van der Waals surface area contributed by atoms with Crippen LogP contribution < -0.4 is 15.4 Å². The Morgan fingerprint density at radius 3 is 2.64 bits per heavy atom. The van der Waals surface area contributed by atoms with Gasteiger partial charge in [-0.2, -0.15) is 0 Å². The fraction of sp³-hybridized carbons (Fsp3) is 0.611. The molecule has 1 aliphatic heterocycles. The molecule has 1 amide bonds. The molecule has 142 valence electrons. The lowest BCUT2D eigenvalue weighted by Gasteiger charge is -2.37. The van der Waals surface area contributed by atoms with E-state index in [4.69, 9.17) is 14.2 Å². The molecule has 2 rings (SSSR count). The van der Waals surface area contributed by atoms with Gasteiger partial charge in [0, 0.05) is 31.7 Å². The van der Waals surface area contributed by atoms with E-state index in [0.29, 0.717) is 37.7 Å². The number of benzene rings is 1. The van der Waals surface area contributed by atoms with Crippen molar-refractivity contribution in [3.63, 3.8) is 0 Å². The number of rotatable bonds is 9. The fourth-order valence-corrected chi connectivity index (χ4v) is 2.98. The molecule has 0 atom stereocenters. The molecule has 1 aromatic carbocycles. The Morgan fingerprint density at radius 2 is 1.96 bits per heavy atom. The molecule has 0 bridgehead atoms. The number of amides is 1. The van der Waals surface area contributed by atoms with E-state index in [-0.39, 0.29) is 23.7 Å². The van der Waals surface area contributed by atoms with Crippen molar-refractivity contribution < 1.29 is 19.0 Å². The summed E-state index contributed by atoms with van der Waals surface area (Å²) in [5.41, 5.74) is 0.619. The van der Waals surface area contributed by atoms with Crippen LogP contribution in [-0.4, -0.2) is 59.6 Å². The molecule has 25 heavy (non-hydrogen) atoms. The number of ether oxygens (including phenoxy) is 3. The van der Waals surface area contributed by atoms with E-state index in [2.05, 4.69) is 10.6 Å². The Labute approximate surface area is 156 Å². The molecule has 1 saturated heterocycles. The van der Waals surface area contributed by atoms with E-state index >= 15 is 0 Å². The van der Waals surface area contributed by atoms with Gasteiger partial charge in [0.25, 0.3) is 5.91 Å². The fourth-order valence-electron chi connectivity index (χ4n) is 2.98. The van der Waals surface area contributed by atoms with Crippen LogP contribution in [0.25, 0.3) is 0 Å². The van der Waals surface area contributed by atoms with Crippen molar-refractivity contribution >= 4 is 18.3 Å². The van der Waals surface area contributed by atoms with Crippen molar-refractivity contribution in [2.24, 2.45) is 5.41 Å². The molecule has 0 saturated carbocycles. The number of carbonyl (C=O) groups is 1. The van der Waals surface area contributed by atoms with Crippen molar-refractivity contribution in [2.75, 3.05) is 53.7 Å². The van der Waals surface area contributed by atoms with Gasteiger partial charge in [0.15, 0.2) is 0 Å². The molecular weight excluding hydrogens is 344 g/mol. The molecule has 6 nitrogen and oxygen atoms in total. The zero-order chi connectivity index (χ0) is 17.3. The first-order valence-corrected chi connectivity index (χ1v) is 8.39. The van der Waals surface area contributed by atoms with Crippen molar-refractivity contribution in [3.05, 3.63) is 29.8 Å². The average molecular weight is 373 g/mol. The summed E-state index contributed by atoms with van der Waals surface area (Å²) < 4.78 is 15.9. The van der Waals surface area contributed by atoms with Crippen LogP contribution in [0.1, 0.15) is 23.2 Å². The Hall–Kier alpha value is -1.34. The number of hydrogen-bond donors (Lipinski definition) is 2. The largest absolute Gasteiger partial charge is 0.491 e. The Morgan fingerprint density at radius 1 is 1.20 bits per heavy atom. The summed E-state index contributed by atoms with van der Waals surface area (Å²) in [5.74, 6) is 0.592. The minimum Gasteiger partial charge on any atom is -0.491 e. The van der Waals surface area contributed by atoms with Crippen LogP contribution in [0.5, 0.6) is 5.75 Å². The van der Waals surface area contributed by atoms with Crippen molar-refractivity contribution in [3.8, 4) is 5.75 Å². The molecule has 0 aliphatic carbocycles. The van der Waals surface area contributed by atoms with Gasteiger partial charge >= 0.3 is 0 Å². The predicted molar refractivity (Wildman–Crippen MR) is 99.8 cm³/mol. The summed E-state index contributed by atoms with van der Waals surface area (Å²) in [6, 6.07) is 7.22. The van der Waals surface area contributed by atoms with Gasteiger partial charge < -0.3 is 24.8 Å². The zero-order valence-electron chi connectivity index (χ0n) is 15.0. The molecule has 0 spiro atoms. The molecule has 1 aliphatic rings. The van der Waals surface area contributed by atoms with Crippen molar-refractivity contribution in [2.45, 2.75) is 12.8 Å². The first-order chi connectivity index (χ1) is 11.7. The Kier molecular flexibility index (Phi) is 9.82. The number of halogens is 1. The minimum atomic E-state index is -0.0822. The molecule has 0 unspecified atom stereocenters.